The molecule has 1 aromatic heterocycles. The summed E-state index contributed by atoms with van der Waals surface area (Å²) in [5.74, 6) is 0.462. The Morgan fingerprint density at radius 1 is 1.19 bits per heavy atom. The van der Waals surface area contributed by atoms with Crippen molar-refractivity contribution in [1.82, 2.24) is 9.88 Å². The molecule has 2 aromatic rings. The lowest BCUT2D eigenvalue weighted by Crippen LogP contribution is -2.31. The van der Waals surface area contributed by atoms with Crippen molar-refractivity contribution in [3.63, 3.8) is 0 Å². The van der Waals surface area contributed by atoms with Gasteiger partial charge in [0, 0.05) is 38.2 Å². The lowest BCUT2D eigenvalue weighted by atomic mass is 10.2. The van der Waals surface area contributed by atoms with Crippen molar-refractivity contribution in [2.75, 3.05) is 26.1 Å². The summed E-state index contributed by atoms with van der Waals surface area (Å²) in [6.45, 7) is 2.08. The Bertz CT molecular complexity index is 799. The van der Waals surface area contributed by atoms with E-state index >= 15 is 0 Å². The van der Waals surface area contributed by atoms with Gasteiger partial charge in [0.1, 0.15) is 11.5 Å². The number of pyridine rings is 1. The van der Waals surface area contributed by atoms with Crippen molar-refractivity contribution in [3.05, 3.63) is 47.2 Å². The number of amides is 2. The lowest BCUT2D eigenvalue weighted by molar-refractivity contribution is -0.130. The van der Waals surface area contributed by atoms with Crippen LogP contribution in [-0.4, -0.2) is 42.5 Å². The highest BCUT2D eigenvalue weighted by molar-refractivity contribution is 6.32. The summed E-state index contributed by atoms with van der Waals surface area (Å²) in [6, 6.07) is 8.66. The van der Waals surface area contributed by atoms with Crippen molar-refractivity contribution in [1.29, 1.82) is 0 Å². The summed E-state index contributed by atoms with van der Waals surface area (Å²) in [5, 5.41) is 3.15. The van der Waals surface area contributed by atoms with Crippen LogP contribution in [0.25, 0.3) is 0 Å². The maximum atomic E-state index is 12.4. The number of methoxy groups -OCH3 is 2. The third-order valence-electron chi connectivity index (χ3n) is 3.88. The topological polar surface area (TPSA) is 80.8 Å². The molecule has 0 aliphatic heterocycles. The van der Waals surface area contributed by atoms with Gasteiger partial charge in [-0.05, 0) is 12.1 Å². The minimum absolute atomic E-state index is 0.126. The van der Waals surface area contributed by atoms with E-state index in [1.807, 2.05) is 18.2 Å². The number of halogens is 1. The fourth-order valence-electron chi connectivity index (χ4n) is 2.44. The maximum absolute atomic E-state index is 12.4. The molecule has 2 rings (SSSR count). The van der Waals surface area contributed by atoms with E-state index in [9.17, 15) is 9.59 Å². The van der Waals surface area contributed by atoms with Gasteiger partial charge < -0.3 is 19.7 Å². The van der Waals surface area contributed by atoms with Gasteiger partial charge in [-0.3, -0.25) is 14.6 Å². The van der Waals surface area contributed by atoms with Crippen LogP contribution in [0.1, 0.15) is 19.0 Å². The van der Waals surface area contributed by atoms with E-state index in [0.29, 0.717) is 28.8 Å². The van der Waals surface area contributed by atoms with Gasteiger partial charge in [-0.15, -0.1) is 0 Å². The number of benzene rings is 1. The van der Waals surface area contributed by atoms with E-state index in [2.05, 4.69) is 10.3 Å². The Morgan fingerprint density at radius 3 is 2.52 bits per heavy atom. The van der Waals surface area contributed by atoms with E-state index in [4.69, 9.17) is 21.1 Å². The lowest BCUT2D eigenvalue weighted by Gasteiger charge is -2.20. The fraction of sp³-hybridized carbons (Fsp3) is 0.316. The normalized spacial score (nSPS) is 10.2. The first-order valence-corrected chi connectivity index (χ1v) is 8.69. The molecule has 144 valence electrons. The number of nitrogens with zero attached hydrogens (tertiary/aromatic N) is 2. The van der Waals surface area contributed by atoms with Gasteiger partial charge >= 0.3 is 0 Å². The second kappa shape index (κ2) is 9.78. The van der Waals surface area contributed by atoms with Crippen LogP contribution < -0.4 is 14.8 Å². The standard InChI is InChI=1S/C19H22ClN3O4/c1-13(24)23(12-14-6-4-5-8-21-14)9-7-19(25)22-16-11-17(26-2)15(20)10-18(16)27-3/h4-6,8,10-11H,7,9,12H2,1-3H3,(H,22,25). The molecule has 0 saturated heterocycles. The number of anilines is 1. The quantitative estimate of drug-likeness (QED) is 0.747. The molecule has 0 aliphatic rings. The van der Waals surface area contributed by atoms with Gasteiger partial charge in [0.15, 0.2) is 0 Å². The second-order valence-corrected chi connectivity index (χ2v) is 6.15. The Hall–Kier alpha value is -2.80. The second-order valence-electron chi connectivity index (χ2n) is 5.75. The molecular formula is C19H22ClN3O4. The summed E-state index contributed by atoms with van der Waals surface area (Å²) in [6.07, 6.45) is 1.79. The minimum Gasteiger partial charge on any atom is -0.495 e. The summed E-state index contributed by atoms with van der Waals surface area (Å²) >= 11 is 6.06. The van der Waals surface area contributed by atoms with E-state index in [-0.39, 0.29) is 24.8 Å². The van der Waals surface area contributed by atoms with Crippen molar-refractivity contribution < 1.29 is 19.1 Å². The molecule has 1 N–H and O–H groups in total. The average Bonchev–Trinajstić information content (AvgIpc) is 2.66. The third-order valence-corrected chi connectivity index (χ3v) is 4.18. The maximum Gasteiger partial charge on any atom is 0.226 e. The number of hydrogen-bond acceptors (Lipinski definition) is 5. The number of hydrogen-bond donors (Lipinski definition) is 1. The molecule has 0 bridgehead atoms. The average molecular weight is 392 g/mol. The number of aromatic nitrogens is 1. The Kier molecular flexibility index (Phi) is 7.43. The number of carbonyl (C=O) groups excluding carboxylic acids is 2. The van der Waals surface area contributed by atoms with Crippen LogP contribution in [0.15, 0.2) is 36.5 Å². The number of rotatable bonds is 8. The molecule has 0 fully saturated rings. The highest BCUT2D eigenvalue weighted by Crippen LogP contribution is 2.35. The monoisotopic (exact) mass is 391 g/mol. The van der Waals surface area contributed by atoms with Crippen LogP contribution in [0.4, 0.5) is 5.69 Å². The van der Waals surface area contributed by atoms with Crippen LogP contribution in [-0.2, 0) is 16.1 Å². The first-order valence-electron chi connectivity index (χ1n) is 8.31. The molecule has 27 heavy (non-hydrogen) atoms. The van der Waals surface area contributed by atoms with E-state index < -0.39 is 0 Å². The highest BCUT2D eigenvalue weighted by atomic mass is 35.5. The van der Waals surface area contributed by atoms with Crippen LogP contribution in [0, 0.1) is 0 Å². The third kappa shape index (κ3) is 5.86. The smallest absolute Gasteiger partial charge is 0.226 e. The predicted octanol–water partition coefficient (Wildman–Crippen LogP) is 3.13. The molecular weight excluding hydrogens is 370 g/mol. The zero-order valence-corrected chi connectivity index (χ0v) is 16.2. The van der Waals surface area contributed by atoms with E-state index in [1.165, 1.54) is 21.1 Å². The molecule has 8 heteroatoms. The molecule has 1 heterocycles. The molecule has 0 aliphatic carbocycles. The van der Waals surface area contributed by atoms with Gasteiger partial charge in [0.05, 0.1) is 37.2 Å². The SMILES string of the molecule is COc1cc(NC(=O)CCN(Cc2ccccn2)C(C)=O)c(OC)cc1Cl. The molecule has 0 unspecified atom stereocenters. The van der Waals surface area contributed by atoms with E-state index in [1.54, 1.807) is 23.2 Å². The molecule has 1 aromatic carbocycles. The van der Waals surface area contributed by atoms with Crippen LogP contribution in [0.2, 0.25) is 5.02 Å². The number of carbonyl (C=O) groups is 2. The van der Waals surface area contributed by atoms with Crippen LogP contribution in [0.5, 0.6) is 11.5 Å². The van der Waals surface area contributed by atoms with E-state index in [0.717, 1.165) is 5.69 Å². The molecule has 0 saturated carbocycles. The predicted molar refractivity (Wildman–Crippen MR) is 103 cm³/mol. The molecule has 7 nitrogen and oxygen atoms in total. The zero-order valence-electron chi connectivity index (χ0n) is 15.5. The Labute approximate surface area is 163 Å². The summed E-state index contributed by atoms with van der Waals surface area (Å²) in [5.41, 5.74) is 1.21. The van der Waals surface area contributed by atoms with Crippen LogP contribution in [0.3, 0.4) is 0 Å². The Balaban J connectivity index is 2.01. The Morgan fingerprint density at radius 2 is 1.93 bits per heavy atom. The van der Waals surface area contributed by atoms with Gasteiger partial charge in [-0.2, -0.15) is 0 Å². The summed E-state index contributed by atoms with van der Waals surface area (Å²) in [4.78, 5) is 30.0. The number of nitrogens with one attached hydrogen (secondary N) is 1. The first kappa shape index (κ1) is 20.5. The highest BCUT2D eigenvalue weighted by Gasteiger charge is 2.15. The van der Waals surface area contributed by atoms with Crippen LogP contribution >= 0.6 is 11.6 Å². The number of ether oxygens (including phenoxy) is 2. The summed E-state index contributed by atoms with van der Waals surface area (Å²) in [7, 11) is 2.97. The van der Waals surface area contributed by atoms with Crippen molar-refractivity contribution in [2.45, 2.75) is 19.9 Å². The first-order chi connectivity index (χ1) is 12.9. The van der Waals surface area contributed by atoms with Crippen molar-refractivity contribution in [2.24, 2.45) is 0 Å². The molecule has 0 radical (unpaired) electrons. The van der Waals surface area contributed by atoms with Gasteiger partial charge in [-0.25, -0.2) is 0 Å². The fourth-order valence-corrected chi connectivity index (χ4v) is 2.67. The minimum atomic E-state index is -0.259. The molecule has 0 spiro atoms. The molecule has 0 atom stereocenters. The largest absolute Gasteiger partial charge is 0.495 e. The van der Waals surface area contributed by atoms with Gasteiger partial charge in [-0.1, -0.05) is 17.7 Å². The van der Waals surface area contributed by atoms with Gasteiger partial charge in [0.2, 0.25) is 11.8 Å². The zero-order chi connectivity index (χ0) is 19.8. The molecule has 2 amide bonds. The van der Waals surface area contributed by atoms with Crippen molar-refractivity contribution in [3.8, 4) is 11.5 Å². The van der Waals surface area contributed by atoms with Gasteiger partial charge in [0.25, 0.3) is 0 Å². The summed E-state index contributed by atoms with van der Waals surface area (Å²) < 4.78 is 10.4. The van der Waals surface area contributed by atoms with Crippen molar-refractivity contribution >= 4 is 29.1 Å².